The van der Waals surface area contributed by atoms with Gasteiger partial charge in [0.1, 0.15) is 0 Å². The Balaban J connectivity index is 2.90. The number of anilines is 1. The Labute approximate surface area is 124 Å². The molecule has 20 heavy (non-hydrogen) atoms. The van der Waals surface area contributed by atoms with Crippen LogP contribution in [0.15, 0.2) is 5.16 Å². The fourth-order valence-corrected chi connectivity index (χ4v) is 2.03. The van der Waals surface area contributed by atoms with E-state index in [4.69, 9.17) is 4.74 Å². The van der Waals surface area contributed by atoms with Crippen LogP contribution in [0.3, 0.4) is 0 Å². The maximum atomic E-state index is 9.57. The van der Waals surface area contributed by atoms with Gasteiger partial charge in [-0.3, -0.25) is 0 Å². The second-order valence-corrected chi connectivity index (χ2v) is 6.23. The predicted molar refractivity (Wildman–Crippen MR) is 81.4 cm³/mol. The molecule has 7 heteroatoms. The largest absolute Gasteiger partial charge is 0.461 e. The van der Waals surface area contributed by atoms with Crippen molar-refractivity contribution in [3.63, 3.8) is 0 Å². The Morgan fingerprint density at radius 1 is 1.20 bits per heavy atom. The fourth-order valence-electron chi connectivity index (χ4n) is 1.23. The first kappa shape index (κ1) is 17.0. The fraction of sp³-hybridized carbons (Fsp3) is 0.769. The minimum atomic E-state index is -0.432. The zero-order valence-corrected chi connectivity index (χ0v) is 13.6. The van der Waals surface area contributed by atoms with Gasteiger partial charge in [-0.25, -0.2) is 0 Å². The number of rotatable bonds is 8. The van der Waals surface area contributed by atoms with Crippen molar-refractivity contribution in [2.24, 2.45) is 0 Å². The van der Waals surface area contributed by atoms with Crippen LogP contribution in [0.5, 0.6) is 6.01 Å². The second kappa shape index (κ2) is 8.26. The normalized spacial score (nSPS) is 14.2. The van der Waals surface area contributed by atoms with Crippen LogP contribution in [-0.4, -0.2) is 44.1 Å². The quantitative estimate of drug-likeness (QED) is 0.713. The number of nitrogens with zero attached hydrogens (tertiary/aromatic N) is 3. The molecule has 0 saturated carbocycles. The van der Waals surface area contributed by atoms with Crippen molar-refractivity contribution in [3.8, 4) is 6.01 Å². The van der Waals surface area contributed by atoms with Crippen LogP contribution >= 0.6 is 11.8 Å². The standard InChI is InChI=1S/C13H24N4O2S/c1-6-7-14-11-15-12(19-8(2)3)17-13(16-11)20-10(5)9(4)18/h8-10,18H,6-7H2,1-5H3,(H,14,15,16,17). The summed E-state index contributed by atoms with van der Waals surface area (Å²) in [6.07, 6.45) is 0.556. The SMILES string of the molecule is CCCNc1nc(OC(C)C)nc(SC(C)C(C)O)n1. The molecule has 0 aliphatic carbocycles. The first-order valence-corrected chi connectivity index (χ1v) is 7.81. The van der Waals surface area contributed by atoms with Gasteiger partial charge in [0.25, 0.3) is 0 Å². The third-order valence-electron chi connectivity index (χ3n) is 2.44. The van der Waals surface area contributed by atoms with E-state index in [2.05, 4.69) is 27.2 Å². The average Bonchev–Trinajstić information content (AvgIpc) is 2.35. The zero-order chi connectivity index (χ0) is 15.1. The summed E-state index contributed by atoms with van der Waals surface area (Å²) in [6, 6.07) is 0.314. The van der Waals surface area contributed by atoms with Gasteiger partial charge >= 0.3 is 6.01 Å². The summed E-state index contributed by atoms with van der Waals surface area (Å²) in [5.74, 6) is 0.512. The third-order valence-corrected chi connectivity index (χ3v) is 3.60. The van der Waals surface area contributed by atoms with Gasteiger partial charge in [0.15, 0.2) is 5.16 Å². The first-order chi connectivity index (χ1) is 9.42. The van der Waals surface area contributed by atoms with Gasteiger partial charge in [0, 0.05) is 11.8 Å². The third kappa shape index (κ3) is 5.92. The van der Waals surface area contributed by atoms with Crippen LogP contribution < -0.4 is 10.1 Å². The smallest absolute Gasteiger partial charge is 0.322 e. The van der Waals surface area contributed by atoms with Gasteiger partial charge < -0.3 is 15.2 Å². The van der Waals surface area contributed by atoms with E-state index in [-0.39, 0.29) is 11.4 Å². The van der Waals surface area contributed by atoms with Crippen LogP contribution in [0.2, 0.25) is 0 Å². The number of hydrogen-bond acceptors (Lipinski definition) is 7. The Bertz CT molecular complexity index is 415. The number of ether oxygens (including phenoxy) is 1. The molecule has 0 radical (unpaired) electrons. The van der Waals surface area contributed by atoms with Crippen LogP contribution in [-0.2, 0) is 0 Å². The molecule has 0 aliphatic heterocycles. The maximum absolute atomic E-state index is 9.57. The lowest BCUT2D eigenvalue weighted by Gasteiger charge is -2.15. The van der Waals surface area contributed by atoms with Crippen LogP contribution in [0.4, 0.5) is 5.95 Å². The van der Waals surface area contributed by atoms with Crippen molar-refractivity contribution in [3.05, 3.63) is 0 Å². The summed E-state index contributed by atoms with van der Waals surface area (Å²) in [5, 5.41) is 13.3. The van der Waals surface area contributed by atoms with E-state index in [0.29, 0.717) is 17.1 Å². The lowest BCUT2D eigenvalue weighted by Crippen LogP contribution is -2.17. The minimum absolute atomic E-state index is 0.00308. The molecule has 0 aromatic carbocycles. The number of thioether (sulfide) groups is 1. The Hall–Kier alpha value is -1.08. The van der Waals surface area contributed by atoms with E-state index in [1.165, 1.54) is 11.8 Å². The number of hydrogen-bond donors (Lipinski definition) is 2. The van der Waals surface area contributed by atoms with E-state index >= 15 is 0 Å². The van der Waals surface area contributed by atoms with E-state index in [1.807, 2.05) is 20.8 Å². The molecule has 0 spiro atoms. The molecule has 114 valence electrons. The predicted octanol–water partition coefficient (Wildman–Crippen LogP) is 2.34. The molecular weight excluding hydrogens is 276 g/mol. The Morgan fingerprint density at radius 3 is 2.45 bits per heavy atom. The molecule has 1 aromatic heterocycles. The molecule has 2 unspecified atom stereocenters. The molecule has 1 aromatic rings. The zero-order valence-electron chi connectivity index (χ0n) is 12.8. The highest BCUT2D eigenvalue weighted by atomic mass is 32.2. The molecule has 2 N–H and O–H groups in total. The van der Waals surface area contributed by atoms with E-state index in [9.17, 15) is 5.11 Å². The van der Waals surface area contributed by atoms with Crippen molar-refractivity contribution in [2.45, 2.75) is 63.7 Å². The van der Waals surface area contributed by atoms with Crippen LogP contribution in [0.1, 0.15) is 41.0 Å². The summed E-state index contributed by atoms with van der Waals surface area (Å²) in [7, 11) is 0. The van der Waals surface area contributed by atoms with E-state index < -0.39 is 6.10 Å². The number of aliphatic hydroxyl groups is 1. The summed E-state index contributed by atoms with van der Waals surface area (Å²) in [5.41, 5.74) is 0. The maximum Gasteiger partial charge on any atom is 0.322 e. The molecule has 0 saturated heterocycles. The highest BCUT2D eigenvalue weighted by Crippen LogP contribution is 2.24. The number of aromatic nitrogens is 3. The first-order valence-electron chi connectivity index (χ1n) is 6.93. The molecule has 0 aliphatic rings. The summed E-state index contributed by atoms with van der Waals surface area (Å²) >= 11 is 1.41. The van der Waals surface area contributed by atoms with Gasteiger partial charge in [0.2, 0.25) is 5.95 Å². The molecular formula is C13H24N4O2S. The summed E-state index contributed by atoms with van der Waals surface area (Å²) < 4.78 is 5.54. The van der Waals surface area contributed by atoms with Gasteiger partial charge in [-0.15, -0.1) is 0 Å². The highest BCUT2D eigenvalue weighted by Gasteiger charge is 2.15. The van der Waals surface area contributed by atoms with Crippen molar-refractivity contribution in [1.29, 1.82) is 0 Å². The van der Waals surface area contributed by atoms with Gasteiger partial charge in [-0.2, -0.15) is 15.0 Å². The second-order valence-electron chi connectivity index (χ2n) is 4.88. The van der Waals surface area contributed by atoms with Crippen molar-refractivity contribution < 1.29 is 9.84 Å². The van der Waals surface area contributed by atoms with Crippen molar-refractivity contribution >= 4 is 17.7 Å². The summed E-state index contributed by atoms with van der Waals surface area (Å²) in [6.45, 7) is 10.4. The summed E-state index contributed by atoms with van der Waals surface area (Å²) in [4.78, 5) is 12.8. The topological polar surface area (TPSA) is 80.2 Å². The van der Waals surface area contributed by atoms with Gasteiger partial charge in [-0.1, -0.05) is 25.6 Å². The lowest BCUT2D eigenvalue weighted by molar-refractivity contribution is 0.196. The molecule has 1 rings (SSSR count). The van der Waals surface area contributed by atoms with Crippen LogP contribution in [0.25, 0.3) is 0 Å². The van der Waals surface area contributed by atoms with E-state index in [1.54, 1.807) is 6.92 Å². The average molecular weight is 300 g/mol. The molecule has 6 nitrogen and oxygen atoms in total. The van der Waals surface area contributed by atoms with Crippen LogP contribution in [0, 0.1) is 0 Å². The van der Waals surface area contributed by atoms with E-state index in [0.717, 1.165) is 13.0 Å². The minimum Gasteiger partial charge on any atom is -0.461 e. The highest BCUT2D eigenvalue weighted by molar-refractivity contribution is 7.99. The lowest BCUT2D eigenvalue weighted by atomic mass is 10.3. The van der Waals surface area contributed by atoms with Crippen molar-refractivity contribution in [1.82, 2.24) is 15.0 Å². The number of nitrogens with one attached hydrogen (secondary N) is 1. The number of aliphatic hydroxyl groups excluding tert-OH is 1. The van der Waals surface area contributed by atoms with Gasteiger partial charge in [0.05, 0.1) is 12.2 Å². The molecule has 0 fully saturated rings. The molecule has 2 atom stereocenters. The Kier molecular flexibility index (Phi) is 7.01. The molecule has 0 bridgehead atoms. The Morgan fingerprint density at radius 2 is 1.90 bits per heavy atom. The van der Waals surface area contributed by atoms with Crippen molar-refractivity contribution in [2.75, 3.05) is 11.9 Å². The molecule has 0 amide bonds. The van der Waals surface area contributed by atoms with Gasteiger partial charge in [-0.05, 0) is 27.2 Å². The molecule has 1 heterocycles. The monoisotopic (exact) mass is 300 g/mol.